The topological polar surface area (TPSA) is 116 Å². The number of esters is 1. The number of hydrogen-bond donors (Lipinski definition) is 1. The van der Waals surface area contributed by atoms with Gasteiger partial charge in [0.25, 0.3) is 5.56 Å². The van der Waals surface area contributed by atoms with Crippen molar-refractivity contribution in [2.75, 3.05) is 7.11 Å². The number of carbonyl (C=O) groups is 1. The number of carbonyl (C=O) groups excluding carboxylic acids is 1. The third-order valence-electron chi connectivity index (χ3n) is 5.38. The van der Waals surface area contributed by atoms with E-state index in [1.807, 2.05) is 60.7 Å². The predicted molar refractivity (Wildman–Crippen MR) is 119 cm³/mol. The van der Waals surface area contributed by atoms with E-state index in [0.29, 0.717) is 18.1 Å². The monoisotopic (exact) mass is 441 g/mol. The number of nitrogens with one attached hydrogen (secondary N) is 1. The Hall–Kier alpha value is -4.53. The summed E-state index contributed by atoms with van der Waals surface area (Å²) in [4.78, 5) is 29.4. The first-order valence-electron chi connectivity index (χ1n) is 10.2. The van der Waals surface area contributed by atoms with Gasteiger partial charge in [0, 0.05) is 24.4 Å². The zero-order valence-electron chi connectivity index (χ0n) is 17.6. The zero-order valence-corrected chi connectivity index (χ0v) is 17.6. The lowest BCUT2D eigenvalue weighted by Crippen LogP contribution is -2.18. The Kier molecular flexibility index (Phi) is 5.27. The SMILES string of the molecule is COC(=O)c1cn(C(Cc2ccccc2)c2nc(-c3ccccc3)no2)cc2c(=O)[nH]nc1-2. The molecule has 33 heavy (non-hydrogen) atoms. The summed E-state index contributed by atoms with van der Waals surface area (Å²) in [5.41, 5.74) is 2.10. The van der Waals surface area contributed by atoms with Gasteiger partial charge in [-0.15, -0.1) is 0 Å². The standard InChI is InChI=1S/C24H19N5O4/c1-32-24(31)18-14-29(13-17-20(18)26-27-22(17)30)19(12-15-8-4-2-5-9-15)23-25-21(28-33-23)16-10-6-3-7-11-16/h2-11,13-14,19H,12H2,1H3,(H,27,30). The minimum Gasteiger partial charge on any atom is -0.465 e. The van der Waals surface area contributed by atoms with Crippen LogP contribution in [-0.2, 0) is 11.2 Å². The molecule has 9 nitrogen and oxygen atoms in total. The van der Waals surface area contributed by atoms with Crippen LogP contribution in [0.4, 0.5) is 0 Å². The minimum atomic E-state index is -0.602. The normalized spacial score (nSPS) is 12.0. The lowest BCUT2D eigenvalue weighted by molar-refractivity contribution is 0.0600. The van der Waals surface area contributed by atoms with E-state index in [0.717, 1.165) is 11.1 Å². The number of methoxy groups -OCH3 is 1. The Bertz CT molecular complexity index is 1420. The van der Waals surface area contributed by atoms with Crippen LogP contribution < -0.4 is 5.56 Å². The average Bonchev–Trinajstić information content (AvgIpc) is 3.50. The fraction of sp³-hybridized carbons (Fsp3) is 0.125. The molecule has 1 aromatic heterocycles. The Labute approximate surface area is 188 Å². The highest BCUT2D eigenvalue weighted by Crippen LogP contribution is 2.29. The van der Waals surface area contributed by atoms with Crippen LogP contribution >= 0.6 is 0 Å². The third kappa shape index (κ3) is 3.91. The maximum absolute atomic E-state index is 12.5. The van der Waals surface area contributed by atoms with Crippen molar-refractivity contribution in [3.05, 3.63) is 100 Å². The van der Waals surface area contributed by atoms with Gasteiger partial charge in [-0.3, -0.25) is 4.79 Å². The van der Waals surface area contributed by atoms with Gasteiger partial charge in [-0.25, -0.2) is 9.89 Å². The molecule has 3 aromatic rings. The van der Waals surface area contributed by atoms with Crippen molar-refractivity contribution in [1.82, 2.24) is 24.9 Å². The summed E-state index contributed by atoms with van der Waals surface area (Å²) in [6.45, 7) is 0. The summed E-state index contributed by atoms with van der Waals surface area (Å²) in [6.07, 6.45) is 3.71. The second-order valence-electron chi connectivity index (χ2n) is 7.45. The molecule has 0 bridgehead atoms. The number of H-pyrrole nitrogens is 1. The molecule has 3 heterocycles. The third-order valence-corrected chi connectivity index (χ3v) is 5.38. The summed E-state index contributed by atoms with van der Waals surface area (Å²) in [5, 5.41) is 10.5. The number of hydrogen-bond acceptors (Lipinski definition) is 7. The van der Waals surface area contributed by atoms with Crippen LogP contribution in [0.5, 0.6) is 0 Å². The van der Waals surface area contributed by atoms with E-state index >= 15 is 0 Å². The molecule has 0 saturated carbocycles. The Morgan fingerprint density at radius 3 is 2.55 bits per heavy atom. The quantitative estimate of drug-likeness (QED) is 0.402. The van der Waals surface area contributed by atoms with Crippen LogP contribution in [0, 0.1) is 0 Å². The molecule has 1 atom stereocenters. The first-order chi connectivity index (χ1) is 16.1. The van der Waals surface area contributed by atoms with Crippen molar-refractivity contribution in [3.63, 3.8) is 0 Å². The Morgan fingerprint density at radius 1 is 1.09 bits per heavy atom. The maximum Gasteiger partial charge on any atom is 0.341 e. The molecule has 2 aromatic carbocycles. The van der Waals surface area contributed by atoms with E-state index in [4.69, 9.17) is 9.26 Å². The van der Waals surface area contributed by atoms with Gasteiger partial charge in [0.2, 0.25) is 11.7 Å². The number of fused-ring (bicyclic) bond motifs is 1. The lowest BCUT2D eigenvalue weighted by Gasteiger charge is -2.19. The zero-order chi connectivity index (χ0) is 22.8. The van der Waals surface area contributed by atoms with Crippen LogP contribution in [0.25, 0.3) is 22.6 Å². The molecule has 0 saturated heterocycles. The molecule has 0 spiro atoms. The molecular weight excluding hydrogens is 422 g/mol. The van der Waals surface area contributed by atoms with E-state index < -0.39 is 17.6 Å². The van der Waals surface area contributed by atoms with Crippen LogP contribution in [0.15, 0.2) is 82.4 Å². The number of benzene rings is 2. The van der Waals surface area contributed by atoms with Crippen molar-refractivity contribution in [2.45, 2.75) is 12.5 Å². The van der Waals surface area contributed by atoms with Crippen molar-refractivity contribution in [3.8, 4) is 22.6 Å². The molecule has 0 radical (unpaired) electrons. The van der Waals surface area contributed by atoms with Crippen molar-refractivity contribution in [1.29, 1.82) is 0 Å². The number of rotatable bonds is 6. The number of aromatic nitrogens is 5. The highest BCUT2D eigenvalue weighted by molar-refractivity contribution is 5.95. The Morgan fingerprint density at radius 2 is 1.82 bits per heavy atom. The van der Waals surface area contributed by atoms with E-state index in [9.17, 15) is 9.59 Å². The van der Waals surface area contributed by atoms with Gasteiger partial charge in [0.15, 0.2) is 0 Å². The van der Waals surface area contributed by atoms with Gasteiger partial charge in [0.1, 0.15) is 17.3 Å². The molecule has 1 N–H and O–H groups in total. The first kappa shape index (κ1) is 20.4. The van der Waals surface area contributed by atoms with E-state index in [-0.39, 0.29) is 16.8 Å². The van der Waals surface area contributed by atoms with Crippen LogP contribution in [-0.4, -0.2) is 38.0 Å². The second kappa shape index (κ2) is 8.54. The highest BCUT2D eigenvalue weighted by Gasteiger charge is 2.27. The molecule has 0 amide bonds. The summed E-state index contributed by atoms with van der Waals surface area (Å²) >= 11 is 0. The number of ether oxygens (including phenoxy) is 1. The Balaban J connectivity index is 1.65. The van der Waals surface area contributed by atoms with E-state index in [1.54, 1.807) is 17.0 Å². The second-order valence-corrected chi connectivity index (χ2v) is 7.45. The molecule has 0 aliphatic carbocycles. The molecular formula is C24H19N5O4. The van der Waals surface area contributed by atoms with Gasteiger partial charge >= 0.3 is 5.97 Å². The van der Waals surface area contributed by atoms with Gasteiger partial charge in [-0.2, -0.15) is 10.1 Å². The molecule has 9 heteroatoms. The van der Waals surface area contributed by atoms with Gasteiger partial charge < -0.3 is 13.8 Å². The summed E-state index contributed by atoms with van der Waals surface area (Å²) < 4.78 is 12.3. The molecule has 1 unspecified atom stereocenters. The largest absolute Gasteiger partial charge is 0.465 e. The molecule has 0 fully saturated rings. The van der Waals surface area contributed by atoms with Crippen LogP contribution in [0.3, 0.4) is 0 Å². The number of nitrogens with zero attached hydrogens (tertiary/aromatic N) is 4. The average molecular weight is 441 g/mol. The van der Waals surface area contributed by atoms with Gasteiger partial charge in [0.05, 0.1) is 12.7 Å². The van der Waals surface area contributed by atoms with Crippen LogP contribution in [0.1, 0.15) is 27.9 Å². The molecule has 2 aliphatic heterocycles. The predicted octanol–water partition coefficient (Wildman–Crippen LogP) is 3.34. The van der Waals surface area contributed by atoms with E-state index in [2.05, 4.69) is 20.3 Å². The van der Waals surface area contributed by atoms with Gasteiger partial charge in [-0.05, 0) is 5.56 Å². The molecule has 164 valence electrons. The van der Waals surface area contributed by atoms with E-state index in [1.165, 1.54) is 7.11 Å². The summed E-state index contributed by atoms with van der Waals surface area (Å²) in [5.74, 6) is 0.190. The smallest absolute Gasteiger partial charge is 0.341 e. The first-order valence-corrected chi connectivity index (χ1v) is 10.2. The number of aromatic amines is 1. The lowest BCUT2D eigenvalue weighted by atomic mass is 10.0. The fourth-order valence-electron chi connectivity index (χ4n) is 3.73. The molecule has 5 rings (SSSR count). The maximum atomic E-state index is 12.5. The van der Waals surface area contributed by atoms with Crippen molar-refractivity contribution >= 4 is 5.97 Å². The minimum absolute atomic E-state index is 0.161. The van der Waals surface area contributed by atoms with Crippen molar-refractivity contribution < 1.29 is 14.1 Å². The van der Waals surface area contributed by atoms with Crippen LogP contribution in [0.2, 0.25) is 0 Å². The summed E-state index contributed by atoms with van der Waals surface area (Å²) in [7, 11) is 1.28. The number of pyridine rings is 1. The van der Waals surface area contributed by atoms with Crippen molar-refractivity contribution in [2.24, 2.45) is 0 Å². The van der Waals surface area contributed by atoms with Gasteiger partial charge in [-0.1, -0.05) is 65.8 Å². The summed E-state index contributed by atoms with van der Waals surface area (Å²) in [6, 6.07) is 18.8. The fourth-order valence-corrected chi connectivity index (χ4v) is 3.73. The molecule has 2 aliphatic rings. The highest BCUT2D eigenvalue weighted by atomic mass is 16.5.